The summed E-state index contributed by atoms with van der Waals surface area (Å²) >= 11 is 0. The summed E-state index contributed by atoms with van der Waals surface area (Å²) in [5.74, 6) is -1.65. The molecule has 8 nitrogen and oxygen atoms in total. The van der Waals surface area contributed by atoms with E-state index in [1.165, 1.54) is 12.1 Å². The van der Waals surface area contributed by atoms with Crippen LogP contribution in [-0.4, -0.2) is 38.5 Å². The van der Waals surface area contributed by atoms with Crippen LogP contribution in [0.25, 0.3) is 0 Å². The Morgan fingerprint density at radius 3 is 2.30 bits per heavy atom. The second-order valence-electron chi connectivity index (χ2n) is 6.86. The number of benzene rings is 1. The number of aromatic nitrogens is 1. The van der Waals surface area contributed by atoms with Gasteiger partial charge in [0.15, 0.2) is 5.78 Å². The zero-order valence-corrected chi connectivity index (χ0v) is 15.5. The predicted octanol–water partition coefficient (Wildman–Crippen LogP) is 3.07. The number of ketones is 1. The van der Waals surface area contributed by atoms with Crippen molar-refractivity contribution in [1.29, 1.82) is 0 Å². The normalized spacial score (nSPS) is 13.4. The third-order valence-corrected chi connectivity index (χ3v) is 4.77. The maximum atomic E-state index is 12.8. The van der Waals surface area contributed by atoms with Gasteiger partial charge in [-0.1, -0.05) is 0 Å². The van der Waals surface area contributed by atoms with Gasteiger partial charge in [-0.25, -0.2) is 0 Å². The van der Waals surface area contributed by atoms with E-state index in [4.69, 9.17) is 0 Å². The number of hydrogen-bond donors (Lipinski definition) is 0. The van der Waals surface area contributed by atoms with Crippen molar-refractivity contribution in [2.75, 3.05) is 6.54 Å². The van der Waals surface area contributed by atoms with Gasteiger partial charge >= 0.3 is 0 Å². The van der Waals surface area contributed by atoms with E-state index in [-0.39, 0.29) is 28.6 Å². The van der Waals surface area contributed by atoms with Crippen molar-refractivity contribution in [1.82, 2.24) is 9.47 Å². The maximum Gasteiger partial charge on any atom is 0.270 e. The minimum absolute atomic E-state index is 0.0466. The van der Waals surface area contributed by atoms with E-state index in [1.54, 1.807) is 6.07 Å². The van der Waals surface area contributed by atoms with E-state index in [2.05, 4.69) is 0 Å². The number of amides is 2. The van der Waals surface area contributed by atoms with E-state index in [0.29, 0.717) is 5.56 Å². The molecule has 0 unspecified atom stereocenters. The van der Waals surface area contributed by atoms with Gasteiger partial charge in [-0.2, -0.15) is 0 Å². The summed E-state index contributed by atoms with van der Waals surface area (Å²) in [6.07, 6.45) is 0. The Hall–Kier alpha value is -3.29. The number of non-ortho nitro benzene ring substituents is 1. The Morgan fingerprint density at radius 1 is 1.11 bits per heavy atom. The Bertz CT molecular complexity index is 1000. The van der Waals surface area contributed by atoms with Crippen LogP contribution in [0.2, 0.25) is 0 Å². The van der Waals surface area contributed by atoms with Gasteiger partial charge < -0.3 is 4.57 Å². The van der Waals surface area contributed by atoms with Gasteiger partial charge in [0.1, 0.15) is 0 Å². The third-order valence-electron chi connectivity index (χ3n) is 4.77. The number of nitro groups is 1. The summed E-state index contributed by atoms with van der Waals surface area (Å²) in [5.41, 5.74) is 1.91. The van der Waals surface area contributed by atoms with Crippen LogP contribution in [0.3, 0.4) is 0 Å². The molecule has 0 atom stereocenters. The van der Waals surface area contributed by atoms with Crippen molar-refractivity contribution < 1.29 is 19.3 Å². The average Bonchev–Trinajstić information content (AvgIpc) is 3.03. The molecule has 1 aromatic carbocycles. The van der Waals surface area contributed by atoms with Crippen molar-refractivity contribution >= 4 is 23.3 Å². The van der Waals surface area contributed by atoms with E-state index >= 15 is 0 Å². The highest BCUT2D eigenvalue weighted by Crippen LogP contribution is 2.28. The molecule has 0 saturated heterocycles. The van der Waals surface area contributed by atoms with Crippen molar-refractivity contribution in [2.45, 2.75) is 33.7 Å². The first-order valence-electron chi connectivity index (χ1n) is 8.49. The van der Waals surface area contributed by atoms with Crippen LogP contribution in [0.5, 0.6) is 0 Å². The molecule has 2 heterocycles. The molecule has 0 spiro atoms. The zero-order valence-electron chi connectivity index (χ0n) is 15.5. The molecule has 0 fully saturated rings. The third kappa shape index (κ3) is 2.92. The molecular formula is C19H19N3O5. The maximum absolute atomic E-state index is 12.8. The zero-order chi connectivity index (χ0) is 20.0. The van der Waals surface area contributed by atoms with Crippen LogP contribution in [0.15, 0.2) is 24.3 Å². The number of fused-ring (bicyclic) bond motifs is 1. The highest BCUT2D eigenvalue weighted by molar-refractivity contribution is 6.23. The Kier molecular flexibility index (Phi) is 4.43. The molecule has 0 N–H and O–H groups in total. The van der Waals surface area contributed by atoms with Crippen molar-refractivity contribution in [3.63, 3.8) is 0 Å². The SMILES string of the molecule is Cc1cc(C(=O)CN2C(=O)c3ccc([N+](=O)[O-])cc3C2=O)c(C)n1C(C)C. The summed E-state index contributed by atoms with van der Waals surface area (Å²) in [6.45, 7) is 7.33. The molecular weight excluding hydrogens is 350 g/mol. The fourth-order valence-corrected chi connectivity index (χ4v) is 3.62. The van der Waals surface area contributed by atoms with Gasteiger partial charge in [-0.3, -0.25) is 29.4 Å². The minimum Gasteiger partial charge on any atom is -0.346 e. The lowest BCUT2D eigenvalue weighted by molar-refractivity contribution is -0.384. The fraction of sp³-hybridized carbons (Fsp3) is 0.316. The first-order chi connectivity index (χ1) is 12.6. The minimum atomic E-state index is -0.690. The van der Waals surface area contributed by atoms with Crippen LogP contribution in [-0.2, 0) is 0 Å². The first-order valence-corrected chi connectivity index (χ1v) is 8.49. The number of carbonyl (C=O) groups excluding carboxylic acids is 3. The van der Waals surface area contributed by atoms with Crippen molar-refractivity contribution in [3.05, 3.63) is 62.5 Å². The molecule has 1 aliphatic rings. The van der Waals surface area contributed by atoms with Crippen molar-refractivity contribution in [3.8, 4) is 0 Å². The Labute approximate surface area is 155 Å². The molecule has 0 aliphatic carbocycles. The summed E-state index contributed by atoms with van der Waals surface area (Å²) in [4.78, 5) is 48.9. The largest absolute Gasteiger partial charge is 0.346 e. The second kappa shape index (κ2) is 6.46. The molecule has 8 heteroatoms. The van der Waals surface area contributed by atoms with Crippen molar-refractivity contribution in [2.24, 2.45) is 0 Å². The van der Waals surface area contributed by atoms with Gasteiger partial charge in [0.05, 0.1) is 22.6 Å². The van der Waals surface area contributed by atoms with Gasteiger partial charge in [0.25, 0.3) is 17.5 Å². The number of Topliss-reactive ketones (excluding diaryl/α,β-unsaturated/α-hetero) is 1. The number of rotatable bonds is 5. The lowest BCUT2D eigenvalue weighted by Gasteiger charge is -2.15. The van der Waals surface area contributed by atoms with Gasteiger partial charge in [0.2, 0.25) is 0 Å². The molecule has 1 aliphatic heterocycles. The summed E-state index contributed by atoms with van der Waals surface area (Å²) in [5, 5.41) is 10.9. The fourth-order valence-electron chi connectivity index (χ4n) is 3.62. The molecule has 1 aromatic heterocycles. The van der Waals surface area contributed by atoms with E-state index < -0.39 is 23.3 Å². The molecule has 0 radical (unpaired) electrons. The van der Waals surface area contributed by atoms with Crippen LogP contribution >= 0.6 is 0 Å². The standard InChI is InChI=1S/C19H19N3O5/c1-10(2)21-11(3)7-15(12(21)4)17(23)9-20-18(24)14-6-5-13(22(26)27)8-16(14)19(20)25/h5-8,10H,9H2,1-4H3. The predicted molar refractivity (Wildman–Crippen MR) is 97.1 cm³/mol. The van der Waals surface area contributed by atoms with Gasteiger partial charge in [0, 0.05) is 35.1 Å². The van der Waals surface area contributed by atoms with Crippen LogP contribution in [0.1, 0.15) is 62.4 Å². The lowest BCUT2D eigenvalue weighted by atomic mass is 10.1. The smallest absolute Gasteiger partial charge is 0.270 e. The van der Waals surface area contributed by atoms with Crippen LogP contribution in [0.4, 0.5) is 5.69 Å². The number of hydrogen-bond acceptors (Lipinski definition) is 5. The molecule has 2 aromatic rings. The molecule has 140 valence electrons. The summed E-state index contributed by atoms with van der Waals surface area (Å²) in [6, 6.07) is 5.42. The van der Waals surface area contributed by atoms with Gasteiger partial charge in [-0.05, 0) is 39.8 Å². The monoisotopic (exact) mass is 369 g/mol. The quantitative estimate of drug-likeness (QED) is 0.349. The Morgan fingerprint density at radius 2 is 1.74 bits per heavy atom. The number of aryl methyl sites for hydroxylation is 1. The summed E-state index contributed by atoms with van der Waals surface area (Å²) < 4.78 is 2.01. The number of imide groups is 1. The van der Waals surface area contributed by atoms with Crippen LogP contribution < -0.4 is 0 Å². The molecule has 3 rings (SSSR count). The van der Waals surface area contributed by atoms with E-state index in [0.717, 1.165) is 22.4 Å². The van der Waals surface area contributed by atoms with E-state index in [9.17, 15) is 24.5 Å². The Balaban J connectivity index is 1.90. The number of nitro benzene ring substituents is 1. The molecule has 0 saturated carbocycles. The van der Waals surface area contributed by atoms with E-state index in [1.807, 2.05) is 32.3 Å². The second-order valence-corrected chi connectivity index (χ2v) is 6.86. The number of carbonyl (C=O) groups is 3. The lowest BCUT2D eigenvalue weighted by Crippen LogP contribution is -2.35. The average molecular weight is 369 g/mol. The first kappa shape index (κ1) is 18.5. The summed E-state index contributed by atoms with van der Waals surface area (Å²) in [7, 11) is 0. The topological polar surface area (TPSA) is 103 Å². The van der Waals surface area contributed by atoms with Crippen LogP contribution in [0, 0.1) is 24.0 Å². The number of nitrogens with zero attached hydrogens (tertiary/aromatic N) is 3. The highest BCUT2D eigenvalue weighted by Gasteiger charge is 2.38. The highest BCUT2D eigenvalue weighted by atomic mass is 16.6. The van der Waals surface area contributed by atoms with Gasteiger partial charge in [-0.15, -0.1) is 0 Å². The molecule has 0 bridgehead atoms. The molecule has 27 heavy (non-hydrogen) atoms. The molecule has 2 amide bonds.